The minimum Gasteiger partial charge on any atom is -0.508 e. The molecule has 0 aromatic heterocycles. The van der Waals surface area contributed by atoms with Gasteiger partial charge in [-0.25, -0.2) is 4.39 Å². The summed E-state index contributed by atoms with van der Waals surface area (Å²) >= 11 is 0. The van der Waals surface area contributed by atoms with E-state index in [0.29, 0.717) is 18.5 Å². The number of aliphatic hydroxyl groups is 3. The van der Waals surface area contributed by atoms with Gasteiger partial charge < -0.3 is 20.6 Å². The monoisotopic (exact) mass is 349 g/mol. The van der Waals surface area contributed by atoms with Crippen LogP contribution in [0.1, 0.15) is 32.3 Å². The molecule has 4 N–H and O–H groups in total. The van der Waals surface area contributed by atoms with Crippen molar-refractivity contribution in [2.45, 2.75) is 38.6 Å². The summed E-state index contributed by atoms with van der Waals surface area (Å²) in [5.41, 5.74) is 0.924. The van der Waals surface area contributed by atoms with Gasteiger partial charge in [-0.1, -0.05) is 18.2 Å². The molecule has 0 saturated carbocycles. The molecule has 0 saturated heterocycles. The Kier molecular flexibility index (Phi) is 6.38. The summed E-state index contributed by atoms with van der Waals surface area (Å²) in [7, 11) is 0. The van der Waals surface area contributed by atoms with E-state index < -0.39 is 5.41 Å². The first-order valence-electron chi connectivity index (χ1n) is 8.61. The van der Waals surface area contributed by atoms with Crippen molar-refractivity contribution in [1.82, 2.24) is 5.32 Å². The summed E-state index contributed by atoms with van der Waals surface area (Å²) in [5, 5.41) is 32.5. The molecular weight excluding hydrogens is 321 g/mol. The number of hydrogen-bond acceptors (Lipinski definition) is 4. The number of allylic oxidation sites excluding steroid dienone is 1. The van der Waals surface area contributed by atoms with Crippen LogP contribution in [0.5, 0.6) is 0 Å². The molecule has 25 heavy (non-hydrogen) atoms. The van der Waals surface area contributed by atoms with E-state index in [2.05, 4.69) is 19.2 Å². The van der Waals surface area contributed by atoms with Gasteiger partial charge in [-0.15, -0.1) is 0 Å². The first-order valence-corrected chi connectivity index (χ1v) is 8.61. The lowest BCUT2D eigenvalue weighted by molar-refractivity contribution is 0.143. The van der Waals surface area contributed by atoms with Gasteiger partial charge in [-0.05, 0) is 62.5 Å². The van der Waals surface area contributed by atoms with E-state index in [1.807, 2.05) is 6.08 Å². The summed E-state index contributed by atoms with van der Waals surface area (Å²) < 4.78 is 13.0. The molecule has 1 atom stereocenters. The van der Waals surface area contributed by atoms with Crippen molar-refractivity contribution < 1.29 is 19.7 Å². The quantitative estimate of drug-likeness (QED) is 0.582. The Morgan fingerprint density at radius 2 is 1.88 bits per heavy atom. The maximum absolute atomic E-state index is 13.0. The van der Waals surface area contributed by atoms with Gasteiger partial charge in [0.1, 0.15) is 11.6 Å². The predicted octanol–water partition coefficient (Wildman–Crippen LogP) is 2.87. The molecule has 0 amide bonds. The molecule has 1 aliphatic rings. The maximum atomic E-state index is 13.0. The third kappa shape index (κ3) is 5.39. The normalized spacial score (nSPS) is 21.0. The van der Waals surface area contributed by atoms with Crippen molar-refractivity contribution in [3.05, 3.63) is 59.1 Å². The third-order valence-corrected chi connectivity index (χ3v) is 4.90. The summed E-state index contributed by atoms with van der Waals surface area (Å²) in [6, 6.07) is 6.54. The van der Waals surface area contributed by atoms with Gasteiger partial charge in [0.15, 0.2) is 0 Å². The van der Waals surface area contributed by atoms with Crippen LogP contribution in [0.3, 0.4) is 0 Å². The standard InChI is InChI=1S/C20H28FNO3/c1-19(2,9-7-15-3-5-17(21)6-4-15)22-13-20(14-24)10-8-18(25)16(11-20)12-23/h3-6,8,10,22-25H,7,9,11-14H2,1-2H3. The van der Waals surface area contributed by atoms with Crippen molar-refractivity contribution in [2.75, 3.05) is 19.8 Å². The zero-order valence-electron chi connectivity index (χ0n) is 14.9. The summed E-state index contributed by atoms with van der Waals surface area (Å²) in [6.45, 7) is 4.43. The van der Waals surface area contributed by atoms with Crippen molar-refractivity contribution in [1.29, 1.82) is 0 Å². The zero-order valence-corrected chi connectivity index (χ0v) is 14.9. The first-order chi connectivity index (χ1) is 11.8. The van der Waals surface area contributed by atoms with E-state index in [4.69, 9.17) is 0 Å². The molecule has 1 aromatic rings. The number of benzene rings is 1. The minimum absolute atomic E-state index is 0.0681. The molecule has 1 aromatic carbocycles. The van der Waals surface area contributed by atoms with Gasteiger partial charge in [-0.3, -0.25) is 0 Å². The second-order valence-corrected chi connectivity index (χ2v) is 7.54. The maximum Gasteiger partial charge on any atom is 0.123 e. The number of aryl methyl sites for hydroxylation is 1. The van der Waals surface area contributed by atoms with Gasteiger partial charge in [-0.2, -0.15) is 0 Å². The lowest BCUT2D eigenvalue weighted by atomic mass is 9.77. The van der Waals surface area contributed by atoms with E-state index in [1.54, 1.807) is 18.2 Å². The van der Waals surface area contributed by atoms with E-state index in [-0.39, 0.29) is 30.3 Å². The van der Waals surface area contributed by atoms with Gasteiger partial charge >= 0.3 is 0 Å². The Bertz CT molecular complexity index is 637. The number of hydrogen-bond donors (Lipinski definition) is 4. The average molecular weight is 349 g/mol. The average Bonchev–Trinajstić information content (AvgIpc) is 2.61. The first kappa shape index (κ1) is 19.6. The van der Waals surface area contributed by atoms with E-state index in [9.17, 15) is 19.7 Å². The van der Waals surface area contributed by atoms with Crippen molar-refractivity contribution in [3.8, 4) is 0 Å². The Morgan fingerprint density at radius 1 is 1.20 bits per heavy atom. The molecule has 4 nitrogen and oxygen atoms in total. The third-order valence-electron chi connectivity index (χ3n) is 4.90. The van der Waals surface area contributed by atoms with Crippen LogP contribution in [0, 0.1) is 11.2 Å². The summed E-state index contributed by atoms with van der Waals surface area (Å²) in [5.74, 6) is -0.145. The minimum atomic E-state index is -0.530. The van der Waals surface area contributed by atoms with Crippen LogP contribution in [-0.2, 0) is 6.42 Å². The van der Waals surface area contributed by atoms with Crippen molar-refractivity contribution in [3.63, 3.8) is 0 Å². The molecule has 0 heterocycles. The zero-order chi connectivity index (χ0) is 18.5. The van der Waals surface area contributed by atoms with E-state index >= 15 is 0 Å². The summed E-state index contributed by atoms with van der Waals surface area (Å²) in [6.07, 6.45) is 5.47. The molecule has 5 heteroatoms. The van der Waals surface area contributed by atoms with Crippen LogP contribution in [-0.4, -0.2) is 40.6 Å². The Labute approximate surface area is 148 Å². The van der Waals surface area contributed by atoms with Crippen LogP contribution >= 0.6 is 0 Å². The smallest absolute Gasteiger partial charge is 0.123 e. The van der Waals surface area contributed by atoms with Crippen LogP contribution in [0.2, 0.25) is 0 Å². The molecule has 1 unspecified atom stereocenters. The number of rotatable bonds is 8. The fraction of sp³-hybridized carbons (Fsp3) is 0.500. The van der Waals surface area contributed by atoms with Gasteiger partial charge in [0.25, 0.3) is 0 Å². The largest absolute Gasteiger partial charge is 0.508 e. The fourth-order valence-electron chi connectivity index (χ4n) is 2.98. The van der Waals surface area contributed by atoms with Crippen LogP contribution in [0.25, 0.3) is 0 Å². The fourth-order valence-corrected chi connectivity index (χ4v) is 2.98. The van der Waals surface area contributed by atoms with Crippen molar-refractivity contribution >= 4 is 0 Å². The number of nitrogens with one attached hydrogen (secondary N) is 1. The van der Waals surface area contributed by atoms with Gasteiger partial charge in [0.2, 0.25) is 0 Å². The topological polar surface area (TPSA) is 72.7 Å². The molecular formula is C20H28FNO3. The van der Waals surface area contributed by atoms with Crippen LogP contribution < -0.4 is 5.32 Å². The lowest BCUT2D eigenvalue weighted by Gasteiger charge is -2.37. The number of halogens is 1. The predicted molar refractivity (Wildman–Crippen MR) is 96.8 cm³/mol. The molecule has 0 aliphatic heterocycles. The Balaban J connectivity index is 1.93. The van der Waals surface area contributed by atoms with Crippen LogP contribution in [0.4, 0.5) is 4.39 Å². The molecule has 0 radical (unpaired) electrons. The highest BCUT2D eigenvalue weighted by atomic mass is 19.1. The van der Waals surface area contributed by atoms with Crippen molar-refractivity contribution in [2.24, 2.45) is 5.41 Å². The van der Waals surface area contributed by atoms with Gasteiger partial charge in [0.05, 0.1) is 13.2 Å². The second-order valence-electron chi connectivity index (χ2n) is 7.54. The van der Waals surface area contributed by atoms with Gasteiger partial charge in [0, 0.05) is 17.5 Å². The second kappa shape index (κ2) is 8.13. The van der Waals surface area contributed by atoms with E-state index in [1.165, 1.54) is 12.1 Å². The number of aliphatic hydroxyl groups excluding tert-OH is 3. The highest BCUT2D eigenvalue weighted by molar-refractivity contribution is 5.29. The Hall–Kier alpha value is -1.69. The molecule has 0 fully saturated rings. The Morgan fingerprint density at radius 3 is 2.48 bits per heavy atom. The van der Waals surface area contributed by atoms with E-state index in [0.717, 1.165) is 18.4 Å². The summed E-state index contributed by atoms with van der Waals surface area (Å²) in [4.78, 5) is 0. The molecule has 1 aliphatic carbocycles. The molecule has 0 bridgehead atoms. The highest BCUT2D eigenvalue weighted by Gasteiger charge is 2.33. The molecule has 0 spiro atoms. The molecule has 2 rings (SSSR count). The SMILES string of the molecule is CC(C)(CCc1ccc(F)cc1)NCC1(CO)C=CC(O)=C(CO)C1. The highest BCUT2D eigenvalue weighted by Crippen LogP contribution is 2.33. The lowest BCUT2D eigenvalue weighted by Crippen LogP contribution is -2.47. The van der Waals surface area contributed by atoms with Crippen LogP contribution in [0.15, 0.2) is 47.7 Å². The molecule has 138 valence electrons.